The Morgan fingerprint density at radius 1 is 1.35 bits per heavy atom. The van der Waals surface area contributed by atoms with E-state index in [1.807, 2.05) is 6.92 Å². The fraction of sp³-hybridized carbons (Fsp3) is 0.500. The third-order valence-corrected chi connectivity index (χ3v) is 4.31. The van der Waals surface area contributed by atoms with E-state index in [4.69, 9.17) is 28.3 Å². The molecule has 2 N–H and O–H groups in total. The Balaban J connectivity index is 2.11. The molecule has 2 rings (SSSR count). The van der Waals surface area contributed by atoms with Crippen LogP contribution < -0.4 is 5.32 Å². The molecule has 7 heteroatoms. The summed E-state index contributed by atoms with van der Waals surface area (Å²) in [7, 11) is 0. The van der Waals surface area contributed by atoms with E-state index in [1.54, 1.807) is 23.1 Å². The minimum absolute atomic E-state index is 0.00969. The van der Waals surface area contributed by atoms with Crippen molar-refractivity contribution in [3.63, 3.8) is 0 Å². The molecule has 0 saturated carbocycles. The van der Waals surface area contributed by atoms with Gasteiger partial charge in [0.25, 0.3) is 5.91 Å². The lowest BCUT2D eigenvalue weighted by atomic mass is 10.1. The molecule has 5 nitrogen and oxygen atoms in total. The highest BCUT2D eigenvalue weighted by Crippen LogP contribution is 2.24. The summed E-state index contributed by atoms with van der Waals surface area (Å²) in [6, 6.07) is 4.03. The average Bonchev–Trinajstić information content (AvgIpc) is 2.95. The number of hydrogen-bond donors (Lipinski definition) is 2. The van der Waals surface area contributed by atoms with Crippen molar-refractivity contribution in [3.8, 4) is 0 Å². The van der Waals surface area contributed by atoms with Crippen LogP contribution in [0.1, 0.15) is 36.5 Å². The smallest absolute Gasteiger partial charge is 0.254 e. The predicted octanol–water partition coefficient (Wildman–Crippen LogP) is 2.49. The molecule has 0 bridgehead atoms. The molecule has 0 unspecified atom stereocenters. The number of likely N-dealkylation sites (tertiary alicyclic amines) is 1. The van der Waals surface area contributed by atoms with E-state index in [2.05, 4.69) is 5.32 Å². The fourth-order valence-electron chi connectivity index (χ4n) is 2.73. The van der Waals surface area contributed by atoms with Gasteiger partial charge in [0.2, 0.25) is 5.91 Å². The van der Waals surface area contributed by atoms with Crippen molar-refractivity contribution in [1.29, 1.82) is 0 Å². The van der Waals surface area contributed by atoms with E-state index in [9.17, 15) is 9.59 Å². The van der Waals surface area contributed by atoms with Gasteiger partial charge >= 0.3 is 0 Å². The van der Waals surface area contributed by atoms with Crippen molar-refractivity contribution in [3.05, 3.63) is 33.8 Å². The van der Waals surface area contributed by atoms with Gasteiger partial charge in [-0.2, -0.15) is 0 Å². The molecule has 0 aromatic heterocycles. The highest BCUT2D eigenvalue weighted by molar-refractivity contribution is 6.35. The zero-order valence-electron chi connectivity index (χ0n) is 12.9. The van der Waals surface area contributed by atoms with Crippen LogP contribution in [0.4, 0.5) is 0 Å². The number of hydrogen-bond acceptors (Lipinski definition) is 3. The third kappa shape index (κ3) is 4.59. The van der Waals surface area contributed by atoms with Crippen molar-refractivity contribution in [2.45, 2.75) is 38.3 Å². The summed E-state index contributed by atoms with van der Waals surface area (Å²) in [6.07, 6.45) is 1.88. The van der Waals surface area contributed by atoms with Gasteiger partial charge in [-0.25, -0.2) is 0 Å². The predicted molar refractivity (Wildman–Crippen MR) is 89.8 cm³/mol. The summed E-state index contributed by atoms with van der Waals surface area (Å²) in [4.78, 5) is 26.6. The van der Waals surface area contributed by atoms with Crippen molar-refractivity contribution in [2.24, 2.45) is 0 Å². The molecule has 1 fully saturated rings. The first-order valence-corrected chi connectivity index (χ1v) is 8.36. The fourth-order valence-corrected chi connectivity index (χ4v) is 3.26. The summed E-state index contributed by atoms with van der Waals surface area (Å²) in [5.74, 6) is -0.438. The standard InChI is InChI=1S/C16H20Cl2N2O3/c1-10(4-6-21)19-15(22)14-3-2-5-20(14)16(23)11-7-12(17)9-13(18)8-11/h7-10,14,21H,2-6H2,1H3,(H,19,22)/t10-,14+/m0/s1. The molecule has 1 saturated heterocycles. The van der Waals surface area contributed by atoms with Crippen LogP contribution in [0.5, 0.6) is 0 Å². The van der Waals surface area contributed by atoms with Gasteiger partial charge in [0, 0.05) is 34.8 Å². The number of rotatable bonds is 5. The number of amides is 2. The number of benzene rings is 1. The molecule has 0 radical (unpaired) electrons. The number of nitrogens with zero attached hydrogens (tertiary/aromatic N) is 1. The molecule has 1 aromatic carbocycles. The molecule has 0 aliphatic carbocycles. The molecule has 23 heavy (non-hydrogen) atoms. The van der Waals surface area contributed by atoms with Gasteiger partial charge < -0.3 is 15.3 Å². The number of halogens is 2. The maximum absolute atomic E-state index is 12.7. The first-order chi connectivity index (χ1) is 10.9. The maximum Gasteiger partial charge on any atom is 0.254 e. The van der Waals surface area contributed by atoms with Crippen LogP contribution in [0.25, 0.3) is 0 Å². The number of aliphatic hydroxyl groups is 1. The normalized spacial score (nSPS) is 18.8. The number of carbonyl (C=O) groups excluding carboxylic acids is 2. The molecule has 2 atom stereocenters. The lowest BCUT2D eigenvalue weighted by Gasteiger charge is -2.25. The second-order valence-corrected chi connectivity index (χ2v) is 6.61. The monoisotopic (exact) mass is 358 g/mol. The molecular weight excluding hydrogens is 339 g/mol. The Labute approximate surface area is 145 Å². The van der Waals surface area contributed by atoms with Gasteiger partial charge in [0.15, 0.2) is 0 Å². The highest BCUT2D eigenvalue weighted by Gasteiger charge is 2.35. The van der Waals surface area contributed by atoms with Crippen molar-refractivity contribution in [1.82, 2.24) is 10.2 Å². The second-order valence-electron chi connectivity index (χ2n) is 5.74. The lowest BCUT2D eigenvalue weighted by molar-refractivity contribution is -0.125. The second kappa shape index (κ2) is 7.99. The zero-order chi connectivity index (χ0) is 17.0. The summed E-state index contributed by atoms with van der Waals surface area (Å²) in [5, 5.41) is 12.5. The molecule has 1 heterocycles. The SMILES string of the molecule is C[C@@H](CCO)NC(=O)[C@H]1CCCN1C(=O)c1cc(Cl)cc(Cl)c1. The first kappa shape index (κ1) is 18.0. The van der Waals surface area contributed by atoms with E-state index in [-0.39, 0.29) is 24.5 Å². The van der Waals surface area contributed by atoms with Crippen LogP contribution in [-0.2, 0) is 4.79 Å². The molecule has 1 aliphatic rings. The molecule has 126 valence electrons. The van der Waals surface area contributed by atoms with Crippen LogP contribution in [0, 0.1) is 0 Å². The van der Waals surface area contributed by atoms with Crippen molar-refractivity contribution < 1.29 is 14.7 Å². The summed E-state index contributed by atoms with van der Waals surface area (Å²) in [5.41, 5.74) is 0.380. The minimum atomic E-state index is -0.499. The number of aliphatic hydroxyl groups excluding tert-OH is 1. The van der Waals surface area contributed by atoms with Crippen molar-refractivity contribution in [2.75, 3.05) is 13.2 Å². The van der Waals surface area contributed by atoms with E-state index < -0.39 is 6.04 Å². The van der Waals surface area contributed by atoms with Gasteiger partial charge in [0.1, 0.15) is 6.04 Å². The van der Waals surface area contributed by atoms with Crippen molar-refractivity contribution >= 4 is 35.0 Å². The Morgan fingerprint density at radius 3 is 2.61 bits per heavy atom. The number of carbonyl (C=O) groups is 2. The summed E-state index contributed by atoms with van der Waals surface area (Å²) < 4.78 is 0. The molecule has 1 aliphatic heterocycles. The van der Waals surface area contributed by atoms with Gasteiger partial charge in [-0.1, -0.05) is 23.2 Å². The van der Waals surface area contributed by atoms with Crippen LogP contribution in [0.15, 0.2) is 18.2 Å². The van der Waals surface area contributed by atoms with E-state index in [1.165, 1.54) is 0 Å². The lowest BCUT2D eigenvalue weighted by Crippen LogP contribution is -2.48. The topological polar surface area (TPSA) is 69.6 Å². The van der Waals surface area contributed by atoms with Crippen LogP contribution in [0.2, 0.25) is 10.0 Å². The quantitative estimate of drug-likeness (QED) is 0.849. The molecular formula is C16H20Cl2N2O3. The maximum atomic E-state index is 12.7. The average molecular weight is 359 g/mol. The van der Waals surface area contributed by atoms with E-state index in [0.29, 0.717) is 35.0 Å². The summed E-state index contributed by atoms with van der Waals surface area (Å²) in [6.45, 7) is 2.36. The molecule has 1 aromatic rings. The Hall–Kier alpha value is -1.30. The Morgan fingerprint density at radius 2 is 2.00 bits per heavy atom. The van der Waals surface area contributed by atoms with Crippen LogP contribution >= 0.6 is 23.2 Å². The van der Waals surface area contributed by atoms with Crippen LogP contribution in [0.3, 0.4) is 0 Å². The zero-order valence-corrected chi connectivity index (χ0v) is 14.4. The first-order valence-electron chi connectivity index (χ1n) is 7.60. The van der Waals surface area contributed by atoms with E-state index >= 15 is 0 Å². The third-order valence-electron chi connectivity index (χ3n) is 3.88. The minimum Gasteiger partial charge on any atom is -0.396 e. The van der Waals surface area contributed by atoms with Gasteiger partial charge in [0.05, 0.1) is 0 Å². The van der Waals surface area contributed by atoms with Gasteiger partial charge in [-0.3, -0.25) is 9.59 Å². The van der Waals surface area contributed by atoms with Gasteiger partial charge in [-0.05, 0) is 44.4 Å². The van der Waals surface area contributed by atoms with E-state index in [0.717, 1.165) is 6.42 Å². The Bertz CT molecular complexity index is 574. The Kier molecular flexibility index (Phi) is 6.27. The molecule has 0 spiro atoms. The van der Waals surface area contributed by atoms with Crippen LogP contribution in [-0.4, -0.2) is 47.1 Å². The summed E-state index contributed by atoms with van der Waals surface area (Å²) >= 11 is 11.9. The molecule has 2 amide bonds. The largest absolute Gasteiger partial charge is 0.396 e. The van der Waals surface area contributed by atoms with Gasteiger partial charge in [-0.15, -0.1) is 0 Å². The number of nitrogens with one attached hydrogen (secondary N) is 1. The highest BCUT2D eigenvalue weighted by atomic mass is 35.5.